The number of carbonyl (C=O) groups is 1. The van der Waals surface area contributed by atoms with Crippen molar-refractivity contribution in [2.24, 2.45) is 5.92 Å². The van der Waals surface area contributed by atoms with Crippen LogP contribution in [0, 0.1) is 5.92 Å². The molecule has 0 bridgehead atoms. The number of anilines is 1. The van der Waals surface area contributed by atoms with E-state index >= 15 is 0 Å². The number of thioether (sulfide) groups is 1. The molecule has 0 saturated heterocycles. The zero-order valence-corrected chi connectivity index (χ0v) is 21.4. The van der Waals surface area contributed by atoms with E-state index in [0.29, 0.717) is 17.7 Å². The lowest BCUT2D eigenvalue weighted by Crippen LogP contribution is -2.16. The number of benzene rings is 1. The van der Waals surface area contributed by atoms with Crippen LogP contribution in [0.5, 0.6) is 5.75 Å². The van der Waals surface area contributed by atoms with Crippen molar-refractivity contribution in [3.05, 3.63) is 47.2 Å². The summed E-state index contributed by atoms with van der Waals surface area (Å²) in [7, 11) is 0. The standard InChI is InChI=1S/C24H33N5O2S2/c1-5-19-9-11-20(12-10-19)31-15-21-27-28-24(29(21)18(4)8-6-7-17(2)3)33-16-22(30)26-23-25-13-14-32-23/h9-14,17-18H,5-8,15-16H2,1-4H3,(H,25,26,30). The summed E-state index contributed by atoms with van der Waals surface area (Å²) in [4.78, 5) is 16.4. The third kappa shape index (κ3) is 7.85. The second-order valence-corrected chi connectivity index (χ2v) is 10.2. The third-order valence-electron chi connectivity index (χ3n) is 5.29. The molecule has 0 aliphatic rings. The highest BCUT2D eigenvalue weighted by Gasteiger charge is 2.20. The first kappa shape index (κ1) is 25.2. The first-order chi connectivity index (χ1) is 16.0. The van der Waals surface area contributed by atoms with Crippen LogP contribution in [0.1, 0.15) is 64.4 Å². The number of amides is 1. The quantitative estimate of drug-likeness (QED) is 0.298. The number of thiazole rings is 1. The van der Waals surface area contributed by atoms with Crippen LogP contribution in [0.15, 0.2) is 41.0 Å². The van der Waals surface area contributed by atoms with Crippen LogP contribution >= 0.6 is 23.1 Å². The van der Waals surface area contributed by atoms with E-state index in [2.05, 4.69) is 64.9 Å². The monoisotopic (exact) mass is 487 g/mol. The molecule has 1 unspecified atom stereocenters. The molecule has 1 N–H and O–H groups in total. The minimum absolute atomic E-state index is 0.106. The summed E-state index contributed by atoms with van der Waals surface area (Å²) in [6.45, 7) is 9.14. The molecule has 1 atom stereocenters. The lowest BCUT2D eigenvalue weighted by Gasteiger charge is -2.19. The van der Waals surface area contributed by atoms with E-state index in [9.17, 15) is 4.79 Å². The number of nitrogens with one attached hydrogen (secondary N) is 1. The Kier molecular flexibility index (Phi) is 9.75. The fourth-order valence-corrected chi connectivity index (χ4v) is 4.84. The third-order valence-corrected chi connectivity index (χ3v) is 6.92. The van der Waals surface area contributed by atoms with Gasteiger partial charge in [0.25, 0.3) is 0 Å². The van der Waals surface area contributed by atoms with E-state index < -0.39 is 0 Å². The maximum Gasteiger partial charge on any atom is 0.236 e. The molecular formula is C24H33N5O2S2. The zero-order chi connectivity index (χ0) is 23.6. The van der Waals surface area contributed by atoms with E-state index in [1.165, 1.54) is 35.1 Å². The molecule has 3 aromatic rings. The first-order valence-electron chi connectivity index (χ1n) is 11.4. The van der Waals surface area contributed by atoms with E-state index in [0.717, 1.165) is 36.0 Å². The average molecular weight is 488 g/mol. The average Bonchev–Trinajstić information content (AvgIpc) is 3.46. The molecule has 1 amide bonds. The van der Waals surface area contributed by atoms with Crippen molar-refractivity contribution in [2.45, 2.75) is 71.2 Å². The summed E-state index contributed by atoms with van der Waals surface area (Å²) < 4.78 is 8.14. The molecule has 0 fully saturated rings. The van der Waals surface area contributed by atoms with Gasteiger partial charge >= 0.3 is 0 Å². The van der Waals surface area contributed by atoms with Crippen molar-refractivity contribution in [3.63, 3.8) is 0 Å². The molecule has 1 aromatic carbocycles. The number of carbonyl (C=O) groups excluding carboxylic acids is 1. The highest BCUT2D eigenvalue weighted by Crippen LogP contribution is 2.27. The SMILES string of the molecule is CCc1ccc(OCc2nnc(SCC(=O)Nc3nccs3)n2C(C)CCCC(C)C)cc1. The molecule has 0 spiro atoms. The molecule has 2 heterocycles. The minimum Gasteiger partial charge on any atom is -0.486 e. The van der Waals surface area contributed by atoms with E-state index in [4.69, 9.17) is 4.74 Å². The highest BCUT2D eigenvalue weighted by atomic mass is 32.2. The Hall–Kier alpha value is -2.39. The number of ether oxygens (including phenoxy) is 1. The molecule has 9 heteroatoms. The van der Waals surface area contributed by atoms with Gasteiger partial charge in [-0.1, -0.05) is 57.5 Å². The summed E-state index contributed by atoms with van der Waals surface area (Å²) in [6.07, 6.45) is 6.00. The van der Waals surface area contributed by atoms with Gasteiger partial charge in [0, 0.05) is 17.6 Å². The minimum atomic E-state index is -0.106. The number of nitrogens with zero attached hydrogens (tertiary/aromatic N) is 4. The molecule has 0 radical (unpaired) electrons. The predicted octanol–water partition coefficient (Wildman–Crippen LogP) is 5.99. The molecule has 33 heavy (non-hydrogen) atoms. The molecule has 3 rings (SSSR count). The summed E-state index contributed by atoms with van der Waals surface area (Å²) in [6, 6.07) is 8.35. The van der Waals surface area contributed by atoms with Crippen molar-refractivity contribution in [2.75, 3.05) is 11.1 Å². The van der Waals surface area contributed by atoms with Crippen LogP contribution in [-0.4, -0.2) is 31.4 Å². The Morgan fingerprint density at radius 1 is 1.18 bits per heavy atom. The Labute approximate surface area is 204 Å². The summed E-state index contributed by atoms with van der Waals surface area (Å²) in [5.41, 5.74) is 1.28. The summed E-state index contributed by atoms with van der Waals surface area (Å²) in [5.74, 6) is 2.40. The van der Waals surface area contributed by atoms with Crippen molar-refractivity contribution in [1.29, 1.82) is 0 Å². The fraction of sp³-hybridized carbons (Fsp3) is 0.500. The Bertz CT molecular complexity index is 987. The van der Waals surface area contributed by atoms with Crippen LogP contribution in [0.2, 0.25) is 0 Å². The molecular weight excluding hydrogens is 454 g/mol. The van der Waals surface area contributed by atoms with Gasteiger partial charge in [0.05, 0.1) is 5.75 Å². The second-order valence-electron chi connectivity index (χ2n) is 8.40. The maximum atomic E-state index is 12.3. The van der Waals surface area contributed by atoms with Crippen LogP contribution in [0.4, 0.5) is 5.13 Å². The normalized spacial score (nSPS) is 12.2. The van der Waals surface area contributed by atoms with Gasteiger partial charge in [0.1, 0.15) is 12.4 Å². The van der Waals surface area contributed by atoms with Gasteiger partial charge in [0.15, 0.2) is 16.1 Å². The van der Waals surface area contributed by atoms with Gasteiger partial charge in [0.2, 0.25) is 5.91 Å². The van der Waals surface area contributed by atoms with Crippen molar-refractivity contribution in [1.82, 2.24) is 19.7 Å². The lowest BCUT2D eigenvalue weighted by atomic mass is 10.0. The summed E-state index contributed by atoms with van der Waals surface area (Å²) in [5, 5.41) is 14.8. The van der Waals surface area contributed by atoms with E-state index in [1.54, 1.807) is 6.20 Å². The second kappa shape index (κ2) is 12.7. The Morgan fingerprint density at radius 2 is 1.97 bits per heavy atom. The van der Waals surface area contributed by atoms with Gasteiger partial charge < -0.3 is 14.6 Å². The molecule has 0 aliphatic carbocycles. The van der Waals surface area contributed by atoms with Gasteiger partial charge in [-0.3, -0.25) is 4.79 Å². The fourth-order valence-electron chi connectivity index (χ4n) is 3.44. The maximum absolute atomic E-state index is 12.3. The number of hydrogen-bond donors (Lipinski definition) is 1. The first-order valence-corrected chi connectivity index (χ1v) is 13.3. The topological polar surface area (TPSA) is 81.9 Å². The van der Waals surface area contributed by atoms with Crippen molar-refractivity contribution >= 4 is 34.1 Å². The van der Waals surface area contributed by atoms with E-state index in [1.807, 2.05) is 17.5 Å². The summed E-state index contributed by atoms with van der Waals surface area (Å²) >= 11 is 2.79. The number of hydrogen-bond acceptors (Lipinski definition) is 7. The van der Waals surface area contributed by atoms with E-state index in [-0.39, 0.29) is 17.7 Å². The smallest absolute Gasteiger partial charge is 0.236 e. The number of aryl methyl sites for hydroxylation is 1. The van der Waals surface area contributed by atoms with Crippen LogP contribution in [0.25, 0.3) is 0 Å². The van der Waals surface area contributed by atoms with Gasteiger partial charge in [-0.05, 0) is 43.4 Å². The van der Waals surface area contributed by atoms with Gasteiger partial charge in [-0.15, -0.1) is 21.5 Å². The highest BCUT2D eigenvalue weighted by molar-refractivity contribution is 7.99. The molecule has 2 aromatic heterocycles. The lowest BCUT2D eigenvalue weighted by molar-refractivity contribution is -0.113. The molecule has 0 aliphatic heterocycles. The molecule has 178 valence electrons. The van der Waals surface area contributed by atoms with Crippen LogP contribution in [0.3, 0.4) is 0 Å². The molecule has 7 nitrogen and oxygen atoms in total. The largest absolute Gasteiger partial charge is 0.486 e. The van der Waals surface area contributed by atoms with Gasteiger partial charge in [-0.2, -0.15) is 0 Å². The molecule has 0 saturated carbocycles. The number of rotatable bonds is 13. The predicted molar refractivity (Wildman–Crippen MR) is 135 cm³/mol. The van der Waals surface area contributed by atoms with Crippen LogP contribution in [-0.2, 0) is 17.8 Å². The number of aromatic nitrogens is 4. The van der Waals surface area contributed by atoms with Gasteiger partial charge in [-0.25, -0.2) is 4.98 Å². The zero-order valence-electron chi connectivity index (χ0n) is 19.8. The van der Waals surface area contributed by atoms with Crippen molar-refractivity contribution in [3.8, 4) is 5.75 Å². The van der Waals surface area contributed by atoms with Crippen LogP contribution < -0.4 is 10.1 Å². The Morgan fingerprint density at radius 3 is 2.64 bits per heavy atom. The Balaban J connectivity index is 1.67. The van der Waals surface area contributed by atoms with Crippen molar-refractivity contribution < 1.29 is 9.53 Å².